The third-order valence-corrected chi connectivity index (χ3v) is 5.01. The molecule has 1 aromatic heterocycles. The fourth-order valence-electron chi connectivity index (χ4n) is 2.64. The van der Waals surface area contributed by atoms with Crippen LogP contribution in [-0.2, 0) is 16.6 Å². The fourth-order valence-corrected chi connectivity index (χ4v) is 3.49. The minimum absolute atomic E-state index is 0.0523. The van der Waals surface area contributed by atoms with Gasteiger partial charge >= 0.3 is 5.97 Å². The molecule has 1 aliphatic heterocycles. The topological polar surface area (TPSA) is 46.5 Å². The average Bonchev–Trinajstić information content (AvgIpc) is 2.92. The molecule has 2 heterocycles. The van der Waals surface area contributed by atoms with Crippen molar-refractivity contribution in [1.82, 2.24) is 0 Å². The Morgan fingerprint density at radius 1 is 1.30 bits per heavy atom. The number of fused-ring (bicyclic) bond motifs is 1. The van der Waals surface area contributed by atoms with E-state index in [4.69, 9.17) is 9.84 Å². The summed E-state index contributed by atoms with van der Waals surface area (Å²) in [6.07, 6.45) is 1.05. The molecule has 0 bridgehead atoms. The highest BCUT2D eigenvalue weighted by atomic mass is 32.1. The van der Waals surface area contributed by atoms with Crippen LogP contribution in [0.15, 0.2) is 30.3 Å². The number of rotatable bonds is 2. The van der Waals surface area contributed by atoms with Crippen molar-refractivity contribution in [3.63, 3.8) is 0 Å². The standard InChI is InChI=1S/C19H18O3S/c1-19(2)9-10-22-17-8-4-13(11-16(17)19)3-5-14-6-7-15(23-14)12-18(20)21/h4,6-8,11H,9-10,12H2,1-2H3,(H,20,21). The molecule has 0 radical (unpaired) electrons. The molecule has 118 valence electrons. The lowest BCUT2D eigenvalue weighted by atomic mass is 9.79. The zero-order chi connectivity index (χ0) is 16.4. The predicted molar refractivity (Wildman–Crippen MR) is 91.2 cm³/mol. The Bertz CT molecular complexity index is 806. The van der Waals surface area contributed by atoms with Gasteiger partial charge in [-0.15, -0.1) is 11.3 Å². The maximum atomic E-state index is 10.7. The summed E-state index contributed by atoms with van der Waals surface area (Å²) >= 11 is 1.43. The molecule has 0 spiro atoms. The number of carboxylic acids is 1. The Hall–Kier alpha value is -2.25. The number of carbonyl (C=O) groups is 1. The van der Waals surface area contributed by atoms with Crippen molar-refractivity contribution in [2.45, 2.75) is 32.1 Å². The maximum absolute atomic E-state index is 10.7. The van der Waals surface area contributed by atoms with Gasteiger partial charge in [-0.05, 0) is 42.2 Å². The Morgan fingerprint density at radius 3 is 2.91 bits per heavy atom. The normalized spacial score (nSPS) is 15.0. The van der Waals surface area contributed by atoms with Crippen molar-refractivity contribution < 1.29 is 14.6 Å². The van der Waals surface area contributed by atoms with Crippen LogP contribution < -0.4 is 4.74 Å². The molecular weight excluding hydrogens is 308 g/mol. The Labute approximate surface area is 139 Å². The zero-order valence-electron chi connectivity index (χ0n) is 13.2. The fraction of sp³-hybridized carbons (Fsp3) is 0.316. The van der Waals surface area contributed by atoms with Crippen molar-refractivity contribution in [2.24, 2.45) is 0 Å². The lowest BCUT2D eigenvalue weighted by molar-refractivity contribution is -0.136. The predicted octanol–water partition coefficient (Wildman–Crippen LogP) is 3.84. The molecule has 1 aromatic carbocycles. The molecule has 0 atom stereocenters. The van der Waals surface area contributed by atoms with E-state index in [9.17, 15) is 4.79 Å². The molecule has 4 heteroatoms. The summed E-state index contributed by atoms with van der Waals surface area (Å²) in [5.74, 6) is 6.43. The SMILES string of the molecule is CC1(C)CCOc2ccc(C#Cc3ccc(CC(=O)O)s3)cc21. The first-order valence-electron chi connectivity index (χ1n) is 7.54. The number of thiophene rings is 1. The highest BCUT2D eigenvalue weighted by Crippen LogP contribution is 2.38. The first kappa shape index (κ1) is 15.6. The monoisotopic (exact) mass is 326 g/mol. The first-order chi connectivity index (χ1) is 10.9. The van der Waals surface area contributed by atoms with Crippen LogP contribution in [-0.4, -0.2) is 17.7 Å². The van der Waals surface area contributed by atoms with E-state index in [-0.39, 0.29) is 11.8 Å². The molecule has 3 nitrogen and oxygen atoms in total. The quantitative estimate of drug-likeness (QED) is 0.853. The van der Waals surface area contributed by atoms with Gasteiger partial charge in [0.2, 0.25) is 0 Å². The first-order valence-corrected chi connectivity index (χ1v) is 8.35. The van der Waals surface area contributed by atoms with Crippen LogP contribution in [0.4, 0.5) is 0 Å². The third kappa shape index (κ3) is 3.57. The van der Waals surface area contributed by atoms with Crippen LogP contribution in [0, 0.1) is 11.8 Å². The molecule has 0 unspecified atom stereocenters. The van der Waals surface area contributed by atoms with E-state index in [1.807, 2.05) is 24.3 Å². The molecule has 0 fully saturated rings. The Balaban J connectivity index is 1.84. The molecule has 2 aromatic rings. The number of hydrogen-bond donors (Lipinski definition) is 1. The number of hydrogen-bond acceptors (Lipinski definition) is 3. The summed E-state index contributed by atoms with van der Waals surface area (Å²) in [5.41, 5.74) is 2.26. The summed E-state index contributed by atoms with van der Waals surface area (Å²) in [4.78, 5) is 12.4. The van der Waals surface area contributed by atoms with Gasteiger partial charge in [-0.25, -0.2) is 0 Å². The van der Waals surface area contributed by atoms with E-state index in [1.165, 1.54) is 16.9 Å². The lowest BCUT2D eigenvalue weighted by Gasteiger charge is -2.32. The second kappa shape index (κ2) is 6.10. The number of aliphatic carboxylic acids is 1. The minimum atomic E-state index is -0.816. The van der Waals surface area contributed by atoms with Crippen LogP contribution in [0.1, 0.15) is 41.1 Å². The van der Waals surface area contributed by atoms with Crippen LogP contribution in [0.2, 0.25) is 0 Å². The van der Waals surface area contributed by atoms with Gasteiger partial charge in [-0.2, -0.15) is 0 Å². The Kier molecular flexibility index (Phi) is 4.14. The van der Waals surface area contributed by atoms with E-state index in [1.54, 1.807) is 0 Å². The van der Waals surface area contributed by atoms with Gasteiger partial charge < -0.3 is 9.84 Å². The number of benzene rings is 1. The van der Waals surface area contributed by atoms with E-state index in [0.717, 1.165) is 34.1 Å². The van der Waals surface area contributed by atoms with Gasteiger partial charge in [0, 0.05) is 16.0 Å². The number of ether oxygens (including phenoxy) is 1. The van der Waals surface area contributed by atoms with E-state index < -0.39 is 5.97 Å². The molecule has 0 amide bonds. The van der Waals surface area contributed by atoms with Gasteiger partial charge in [0.25, 0.3) is 0 Å². The van der Waals surface area contributed by atoms with E-state index in [0.29, 0.717) is 0 Å². The largest absolute Gasteiger partial charge is 0.493 e. The van der Waals surface area contributed by atoms with Crippen molar-refractivity contribution in [1.29, 1.82) is 0 Å². The highest BCUT2D eigenvalue weighted by molar-refractivity contribution is 7.12. The van der Waals surface area contributed by atoms with Crippen molar-refractivity contribution in [2.75, 3.05) is 6.61 Å². The summed E-state index contributed by atoms with van der Waals surface area (Å²) in [5, 5.41) is 8.80. The van der Waals surface area contributed by atoms with Crippen molar-refractivity contribution >= 4 is 17.3 Å². The molecule has 3 rings (SSSR count). The molecule has 1 aliphatic rings. The molecule has 0 aliphatic carbocycles. The minimum Gasteiger partial charge on any atom is -0.493 e. The summed E-state index contributed by atoms with van der Waals surface area (Å²) in [6, 6.07) is 9.77. The van der Waals surface area contributed by atoms with Gasteiger partial charge in [0.05, 0.1) is 17.9 Å². The highest BCUT2D eigenvalue weighted by Gasteiger charge is 2.28. The van der Waals surface area contributed by atoms with Gasteiger partial charge in [0.1, 0.15) is 5.75 Å². The van der Waals surface area contributed by atoms with Crippen LogP contribution in [0.25, 0.3) is 0 Å². The summed E-state index contributed by atoms with van der Waals surface area (Å²) in [6.45, 7) is 5.21. The smallest absolute Gasteiger partial charge is 0.308 e. The zero-order valence-corrected chi connectivity index (χ0v) is 14.0. The summed E-state index contributed by atoms with van der Waals surface area (Å²) < 4.78 is 5.72. The van der Waals surface area contributed by atoms with E-state index >= 15 is 0 Å². The average molecular weight is 326 g/mol. The summed E-state index contributed by atoms with van der Waals surface area (Å²) in [7, 11) is 0. The van der Waals surface area contributed by atoms with Crippen LogP contribution in [0.3, 0.4) is 0 Å². The second-order valence-corrected chi connectivity index (χ2v) is 7.45. The second-order valence-electron chi connectivity index (χ2n) is 6.28. The lowest BCUT2D eigenvalue weighted by Crippen LogP contribution is -2.26. The molecule has 23 heavy (non-hydrogen) atoms. The number of carboxylic acid groups (broad SMARTS) is 1. The Morgan fingerprint density at radius 2 is 2.13 bits per heavy atom. The molecule has 0 saturated heterocycles. The van der Waals surface area contributed by atoms with Crippen molar-refractivity contribution in [3.05, 3.63) is 51.2 Å². The van der Waals surface area contributed by atoms with E-state index in [2.05, 4.69) is 31.8 Å². The van der Waals surface area contributed by atoms with Gasteiger partial charge in [0.15, 0.2) is 0 Å². The van der Waals surface area contributed by atoms with Crippen LogP contribution >= 0.6 is 11.3 Å². The molecule has 1 N–H and O–H groups in total. The van der Waals surface area contributed by atoms with Crippen molar-refractivity contribution in [3.8, 4) is 17.6 Å². The van der Waals surface area contributed by atoms with Crippen LogP contribution in [0.5, 0.6) is 5.75 Å². The molecular formula is C19H18O3S. The van der Waals surface area contributed by atoms with Gasteiger partial charge in [-0.1, -0.05) is 25.7 Å². The van der Waals surface area contributed by atoms with Gasteiger partial charge in [-0.3, -0.25) is 4.79 Å². The maximum Gasteiger partial charge on any atom is 0.308 e. The molecule has 0 saturated carbocycles. The third-order valence-electron chi connectivity index (χ3n) is 4.01.